The van der Waals surface area contributed by atoms with Crippen LogP contribution in [0.5, 0.6) is 5.75 Å². The summed E-state index contributed by atoms with van der Waals surface area (Å²) in [5.74, 6) is 1.08. The number of hydrogen-bond donors (Lipinski definition) is 0. The normalized spacial score (nSPS) is 16.2. The Kier molecular flexibility index (Phi) is 7.18. The molecule has 1 aromatic rings. The lowest BCUT2D eigenvalue weighted by molar-refractivity contribution is -0.134. The first-order chi connectivity index (χ1) is 11.2. The van der Waals surface area contributed by atoms with E-state index in [2.05, 4.69) is 19.1 Å². The molecule has 0 amide bonds. The van der Waals surface area contributed by atoms with Gasteiger partial charge in [-0.2, -0.15) is 0 Å². The van der Waals surface area contributed by atoms with Crippen LogP contribution in [0.15, 0.2) is 30.3 Å². The fraction of sp³-hybridized carbons (Fsp3) is 0.550. The lowest BCUT2D eigenvalue weighted by atomic mass is 9.81. The maximum absolute atomic E-state index is 11.8. The van der Waals surface area contributed by atoms with Crippen LogP contribution in [0.1, 0.15) is 57.4 Å². The molecule has 2 rings (SSSR count). The number of ether oxygens (including phenoxy) is 2. The molecule has 0 saturated heterocycles. The number of hydrogen-bond acceptors (Lipinski definition) is 3. The van der Waals surface area contributed by atoms with Gasteiger partial charge in [0.15, 0.2) is 0 Å². The molecule has 1 fully saturated rings. The summed E-state index contributed by atoms with van der Waals surface area (Å²) in [6, 6.07) is 8.12. The van der Waals surface area contributed by atoms with Crippen molar-refractivity contribution >= 4 is 11.5 Å². The number of carbonyl (C=O) groups is 1. The fourth-order valence-electron chi connectivity index (χ4n) is 3.11. The molecule has 1 aliphatic rings. The zero-order valence-electron chi connectivity index (χ0n) is 14.3. The molecule has 1 saturated carbocycles. The molecule has 0 atom stereocenters. The van der Waals surface area contributed by atoms with Gasteiger partial charge in [0, 0.05) is 6.08 Å². The predicted octanol–water partition coefficient (Wildman–Crippen LogP) is 5.00. The Hall–Kier alpha value is -1.77. The molecule has 0 radical (unpaired) electrons. The minimum absolute atomic E-state index is 0.270. The van der Waals surface area contributed by atoms with Crippen LogP contribution in [0.25, 0.3) is 5.57 Å². The van der Waals surface area contributed by atoms with Crippen molar-refractivity contribution in [2.75, 3.05) is 13.7 Å². The maximum Gasteiger partial charge on any atom is 0.330 e. The molecule has 3 nitrogen and oxygen atoms in total. The van der Waals surface area contributed by atoms with Crippen molar-refractivity contribution in [1.29, 1.82) is 0 Å². The highest BCUT2D eigenvalue weighted by molar-refractivity contribution is 5.91. The smallest absolute Gasteiger partial charge is 0.330 e. The number of rotatable bonds is 7. The first-order valence-corrected chi connectivity index (χ1v) is 8.77. The molecule has 0 heterocycles. The lowest BCUT2D eigenvalue weighted by Gasteiger charge is -2.24. The summed E-state index contributed by atoms with van der Waals surface area (Å²) in [6.07, 6.45) is 9.94. The Morgan fingerprint density at radius 2 is 1.87 bits per heavy atom. The number of esters is 1. The molecule has 0 aliphatic heterocycles. The average molecular weight is 316 g/mol. The Morgan fingerprint density at radius 1 is 1.17 bits per heavy atom. The molecule has 23 heavy (non-hydrogen) atoms. The zero-order chi connectivity index (χ0) is 16.5. The van der Waals surface area contributed by atoms with Crippen LogP contribution in [0.3, 0.4) is 0 Å². The molecular weight excluding hydrogens is 288 g/mol. The van der Waals surface area contributed by atoms with Crippen LogP contribution in [-0.4, -0.2) is 19.7 Å². The van der Waals surface area contributed by atoms with Gasteiger partial charge in [0.25, 0.3) is 0 Å². The van der Waals surface area contributed by atoms with Gasteiger partial charge in [0.2, 0.25) is 0 Å². The minimum atomic E-state index is -0.270. The van der Waals surface area contributed by atoms with Crippen molar-refractivity contribution in [1.82, 2.24) is 0 Å². The molecule has 0 aromatic heterocycles. The third-order valence-corrected chi connectivity index (χ3v) is 4.47. The Bertz CT molecular complexity index is 510. The predicted molar refractivity (Wildman–Crippen MR) is 93.4 cm³/mol. The largest absolute Gasteiger partial charge is 0.494 e. The van der Waals surface area contributed by atoms with Gasteiger partial charge >= 0.3 is 5.97 Å². The summed E-state index contributed by atoms with van der Waals surface area (Å²) in [5, 5.41) is 0. The highest BCUT2D eigenvalue weighted by Gasteiger charge is 2.20. The van der Waals surface area contributed by atoms with Gasteiger partial charge < -0.3 is 9.47 Å². The van der Waals surface area contributed by atoms with Gasteiger partial charge in [-0.15, -0.1) is 0 Å². The fourth-order valence-corrected chi connectivity index (χ4v) is 3.11. The highest BCUT2D eigenvalue weighted by atomic mass is 16.5. The van der Waals surface area contributed by atoms with E-state index in [1.807, 2.05) is 12.1 Å². The number of benzene rings is 1. The van der Waals surface area contributed by atoms with E-state index in [-0.39, 0.29) is 5.97 Å². The molecule has 0 N–H and O–H groups in total. The van der Waals surface area contributed by atoms with E-state index in [1.54, 1.807) is 6.08 Å². The Labute approximate surface area is 139 Å². The van der Waals surface area contributed by atoms with Crippen LogP contribution in [0, 0.1) is 5.92 Å². The number of methoxy groups -OCH3 is 1. The van der Waals surface area contributed by atoms with E-state index >= 15 is 0 Å². The molecule has 3 heteroatoms. The van der Waals surface area contributed by atoms with Gasteiger partial charge in [0.05, 0.1) is 13.7 Å². The molecule has 0 bridgehead atoms. The van der Waals surface area contributed by atoms with Crippen molar-refractivity contribution in [3.8, 4) is 5.75 Å². The summed E-state index contributed by atoms with van der Waals surface area (Å²) in [7, 11) is 1.43. The second-order valence-corrected chi connectivity index (χ2v) is 6.18. The number of allylic oxidation sites excluding steroid dienone is 1. The molecule has 0 spiro atoms. The van der Waals surface area contributed by atoms with Crippen molar-refractivity contribution in [3.05, 3.63) is 35.9 Å². The van der Waals surface area contributed by atoms with Gasteiger partial charge in [0.1, 0.15) is 5.75 Å². The van der Waals surface area contributed by atoms with Crippen LogP contribution in [-0.2, 0) is 9.53 Å². The summed E-state index contributed by atoms with van der Waals surface area (Å²) < 4.78 is 10.6. The van der Waals surface area contributed by atoms with Crippen molar-refractivity contribution < 1.29 is 14.3 Å². The first kappa shape index (κ1) is 17.6. The van der Waals surface area contributed by atoms with E-state index in [4.69, 9.17) is 9.47 Å². The van der Waals surface area contributed by atoms with E-state index in [0.29, 0.717) is 5.92 Å². The quantitative estimate of drug-likeness (QED) is 0.403. The highest BCUT2D eigenvalue weighted by Crippen LogP contribution is 2.35. The van der Waals surface area contributed by atoms with Gasteiger partial charge in [-0.05, 0) is 48.4 Å². The third-order valence-electron chi connectivity index (χ3n) is 4.47. The first-order valence-electron chi connectivity index (χ1n) is 8.77. The SMILES string of the molecule is CCCCOc1ccc(C(=CC(=O)OC)C2CCCCC2)cc1. The maximum atomic E-state index is 11.8. The van der Waals surface area contributed by atoms with Crippen LogP contribution >= 0.6 is 0 Å². The van der Waals surface area contributed by atoms with Crippen LogP contribution < -0.4 is 4.74 Å². The topological polar surface area (TPSA) is 35.5 Å². The second kappa shape index (κ2) is 9.39. The minimum Gasteiger partial charge on any atom is -0.494 e. The molecule has 126 valence electrons. The number of carbonyl (C=O) groups excluding carboxylic acids is 1. The molecular formula is C20H28O3. The summed E-state index contributed by atoms with van der Waals surface area (Å²) >= 11 is 0. The Morgan fingerprint density at radius 3 is 2.48 bits per heavy atom. The standard InChI is InChI=1S/C20H28O3/c1-3-4-14-23-18-12-10-17(11-13-18)19(15-20(21)22-2)16-8-6-5-7-9-16/h10-13,15-16H,3-9,14H2,1-2H3. The van der Waals surface area contributed by atoms with Crippen molar-refractivity contribution in [3.63, 3.8) is 0 Å². The van der Waals surface area contributed by atoms with Gasteiger partial charge in [-0.1, -0.05) is 44.7 Å². The monoisotopic (exact) mass is 316 g/mol. The van der Waals surface area contributed by atoms with E-state index in [0.717, 1.165) is 49.2 Å². The summed E-state index contributed by atoms with van der Waals surface area (Å²) in [4.78, 5) is 11.8. The zero-order valence-corrected chi connectivity index (χ0v) is 14.3. The van der Waals surface area contributed by atoms with Crippen molar-refractivity contribution in [2.45, 2.75) is 51.9 Å². The molecule has 1 aromatic carbocycles. The van der Waals surface area contributed by atoms with E-state index in [9.17, 15) is 4.79 Å². The lowest BCUT2D eigenvalue weighted by Crippen LogP contribution is -2.10. The Balaban J connectivity index is 2.14. The van der Waals surface area contributed by atoms with Gasteiger partial charge in [-0.25, -0.2) is 4.79 Å². The molecule has 0 unspecified atom stereocenters. The second-order valence-electron chi connectivity index (χ2n) is 6.18. The van der Waals surface area contributed by atoms with Crippen LogP contribution in [0.2, 0.25) is 0 Å². The van der Waals surface area contributed by atoms with Gasteiger partial charge in [-0.3, -0.25) is 0 Å². The molecule has 1 aliphatic carbocycles. The number of unbranched alkanes of at least 4 members (excludes halogenated alkanes) is 1. The third kappa shape index (κ3) is 5.42. The van der Waals surface area contributed by atoms with E-state index < -0.39 is 0 Å². The van der Waals surface area contributed by atoms with E-state index in [1.165, 1.54) is 26.4 Å². The summed E-state index contributed by atoms with van der Waals surface area (Å²) in [6.45, 7) is 2.91. The summed E-state index contributed by atoms with van der Waals surface area (Å²) in [5.41, 5.74) is 2.21. The van der Waals surface area contributed by atoms with Crippen molar-refractivity contribution in [2.24, 2.45) is 5.92 Å². The van der Waals surface area contributed by atoms with Crippen LogP contribution in [0.4, 0.5) is 0 Å². The average Bonchev–Trinajstić information content (AvgIpc) is 2.61.